The molecule has 1 aromatic carbocycles. The number of anilines is 1. The number of methoxy groups -OCH3 is 1. The number of hydrogen-bond acceptors (Lipinski definition) is 5. The molecule has 0 bridgehead atoms. The quantitative estimate of drug-likeness (QED) is 0.521. The summed E-state index contributed by atoms with van der Waals surface area (Å²) in [6.07, 6.45) is 8.99. The first kappa shape index (κ1) is 18.3. The van der Waals surface area contributed by atoms with E-state index in [1.807, 2.05) is 54.8 Å². The summed E-state index contributed by atoms with van der Waals surface area (Å²) in [6, 6.07) is 10.2. The van der Waals surface area contributed by atoms with Gasteiger partial charge in [0, 0.05) is 72.6 Å². The highest BCUT2D eigenvalue weighted by atomic mass is 16.5. The summed E-state index contributed by atoms with van der Waals surface area (Å²) in [7, 11) is 3.47. The zero-order valence-corrected chi connectivity index (χ0v) is 16.9. The van der Waals surface area contributed by atoms with Gasteiger partial charge in [-0.15, -0.1) is 0 Å². The highest BCUT2D eigenvalue weighted by Crippen LogP contribution is 2.33. The van der Waals surface area contributed by atoms with E-state index >= 15 is 0 Å². The molecule has 150 valence electrons. The minimum atomic E-state index is 0.193. The fraction of sp³-hybridized carbons (Fsp3) is 0.217. The van der Waals surface area contributed by atoms with Crippen molar-refractivity contribution < 1.29 is 9.53 Å². The van der Waals surface area contributed by atoms with Crippen molar-refractivity contribution in [1.29, 1.82) is 0 Å². The molecule has 7 nitrogen and oxygen atoms in total. The number of hydrogen-bond donors (Lipinski definition) is 0. The van der Waals surface area contributed by atoms with Crippen molar-refractivity contribution in [2.24, 2.45) is 7.05 Å². The minimum Gasteiger partial charge on any atom is -0.479 e. The number of carbonyl (C=O) groups excluding carboxylic acids is 1. The van der Waals surface area contributed by atoms with E-state index < -0.39 is 0 Å². The van der Waals surface area contributed by atoms with Crippen LogP contribution in [0.1, 0.15) is 12.8 Å². The van der Waals surface area contributed by atoms with Crippen LogP contribution in [0.2, 0.25) is 0 Å². The van der Waals surface area contributed by atoms with Crippen molar-refractivity contribution in [2.45, 2.75) is 12.8 Å². The monoisotopic (exact) mass is 399 g/mol. The van der Waals surface area contributed by atoms with Gasteiger partial charge in [0.2, 0.25) is 11.8 Å². The molecule has 0 spiro atoms. The number of carbonyl (C=O) groups is 1. The fourth-order valence-electron chi connectivity index (χ4n) is 3.98. The molecule has 4 heterocycles. The smallest absolute Gasteiger partial charge is 0.242 e. The molecule has 0 saturated carbocycles. The summed E-state index contributed by atoms with van der Waals surface area (Å²) < 4.78 is 7.11. The van der Waals surface area contributed by atoms with Gasteiger partial charge in [-0.25, -0.2) is 4.98 Å². The summed E-state index contributed by atoms with van der Waals surface area (Å²) in [4.78, 5) is 22.7. The molecule has 0 atom stereocenters. The number of benzene rings is 1. The van der Waals surface area contributed by atoms with Crippen LogP contribution in [0.4, 0.5) is 5.69 Å². The fourth-order valence-corrected chi connectivity index (χ4v) is 3.98. The van der Waals surface area contributed by atoms with Gasteiger partial charge in [0.1, 0.15) is 0 Å². The van der Waals surface area contributed by atoms with Gasteiger partial charge >= 0.3 is 0 Å². The SMILES string of the molecule is COc1ncc(-c2cncc(-c3ccc(N4CCCC4=O)cc3)c2)c2cn(C)nc12. The van der Waals surface area contributed by atoms with Crippen LogP contribution >= 0.6 is 0 Å². The van der Waals surface area contributed by atoms with Crippen LogP contribution in [-0.2, 0) is 11.8 Å². The summed E-state index contributed by atoms with van der Waals surface area (Å²) in [5.74, 6) is 0.699. The van der Waals surface area contributed by atoms with Gasteiger partial charge in [0.15, 0.2) is 5.52 Å². The van der Waals surface area contributed by atoms with Gasteiger partial charge < -0.3 is 9.64 Å². The Balaban J connectivity index is 1.52. The summed E-state index contributed by atoms with van der Waals surface area (Å²) in [6.45, 7) is 0.792. The van der Waals surface area contributed by atoms with Crippen molar-refractivity contribution >= 4 is 22.5 Å². The predicted octanol–water partition coefficient (Wildman–Crippen LogP) is 3.83. The van der Waals surface area contributed by atoms with E-state index in [4.69, 9.17) is 4.74 Å². The maximum Gasteiger partial charge on any atom is 0.242 e. The van der Waals surface area contributed by atoms with E-state index in [2.05, 4.69) is 21.1 Å². The minimum absolute atomic E-state index is 0.193. The third-order valence-corrected chi connectivity index (χ3v) is 5.46. The average molecular weight is 399 g/mol. The van der Waals surface area contributed by atoms with Crippen LogP contribution < -0.4 is 9.64 Å². The zero-order valence-electron chi connectivity index (χ0n) is 16.9. The topological polar surface area (TPSA) is 73.1 Å². The maximum atomic E-state index is 12.0. The first-order valence-corrected chi connectivity index (χ1v) is 9.86. The molecule has 1 amide bonds. The molecule has 0 unspecified atom stereocenters. The highest BCUT2D eigenvalue weighted by molar-refractivity contribution is 5.97. The van der Waals surface area contributed by atoms with Crippen molar-refractivity contribution in [3.8, 4) is 28.1 Å². The van der Waals surface area contributed by atoms with E-state index in [1.165, 1.54) is 0 Å². The number of aryl methyl sites for hydroxylation is 1. The van der Waals surface area contributed by atoms with Crippen LogP contribution in [0.3, 0.4) is 0 Å². The van der Waals surface area contributed by atoms with E-state index in [-0.39, 0.29) is 5.91 Å². The van der Waals surface area contributed by atoms with Gasteiger partial charge in [-0.1, -0.05) is 12.1 Å². The number of rotatable bonds is 4. The third kappa shape index (κ3) is 3.08. The van der Waals surface area contributed by atoms with Crippen LogP contribution in [0.25, 0.3) is 33.2 Å². The number of amides is 1. The zero-order chi connectivity index (χ0) is 20.7. The Morgan fingerprint density at radius 1 is 1.03 bits per heavy atom. The average Bonchev–Trinajstić information content (AvgIpc) is 3.38. The molecule has 5 rings (SSSR count). The second kappa shape index (κ2) is 7.26. The molecular weight excluding hydrogens is 378 g/mol. The second-order valence-corrected chi connectivity index (χ2v) is 7.40. The lowest BCUT2D eigenvalue weighted by Crippen LogP contribution is -2.23. The molecule has 1 fully saturated rings. The first-order valence-electron chi connectivity index (χ1n) is 9.86. The third-order valence-electron chi connectivity index (χ3n) is 5.46. The predicted molar refractivity (Wildman–Crippen MR) is 115 cm³/mol. The van der Waals surface area contributed by atoms with Gasteiger partial charge in [-0.05, 0) is 30.2 Å². The molecule has 7 heteroatoms. The summed E-state index contributed by atoms with van der Waals surface area (Å²) in [5.41, 5.74) is 5.62. The Bertz CT molecular complexity index is 1250. The number of aromatic nitrogens is 4. The van der Waals surface area contributed by atoms with Crippen LogP contribution in [0, 0.1) is 0 Å². The molecule has 1 aliphatic rings. The molecule has 1 saturated heterocycles. The molecule has 0 aliphatic carbocycles. The molecule has 4 aromatic rings. The molecule has 30 heavy (non-hydrogen) atoms. The second-order valence-electron chi connectivity index (χ2n) is 7.40. The van der Waals surface area contributed by atoms with E-state index in [9.17, 15) is 4.79 Å². The lowest BCUT2D eigenvalue weighted by Gasteiger charge is -2.16. The van der Waals surface area contributed by atoms with E-state index in [1.54, 1.807) is 18.0 Å². The van der Waals surface area contributed by atoms with E-state index in [0.717, 1.165) is 51.8 Å². The van der Waals surface area contributed by atoms with Crippen LogP contribution in [-0.4, -0.2) is 39.3 Å². The highest BCUT2D eigenvalue weighted by Gasteiger charge is 2.21. The van der Waals surface area contributed by atoms with Gasteiger partial charge in [-0.3, -0.25) is 14.5 Å². The van der Waals surface area contributed by atoms with Gasteiger partial charge in [0.05, 0.1) is 7.11 Å². The Morgan fingerprint density at radius 3 is 2.57 bits per heavy atom. The lowest BCUT2D eigenvalue weighted by molar-refractivity contribution is -0.117. The first-order chi connectivity index (χ1) is 14.6. The van der Waals surface area contributed by atoms with Crippen LogP contribution in [0.15, 0.2) is 55.1 Å². The number of fused-ring (bicyclic) bond motifs is 1. The molecular formula is C23H21N5O2. The number of nitrogens with zero attached hydrogens (tertiary/aromatic N) is 5. The Hall–Kier alpha value is -3.74. The Morgan fingerprint density at radius 2 is 1.83 bits per heavy atom. The van der Waals surface area contributed by atoms with Crippen molar-refractivity contribution in [3.63, 3.8) is 0 Å². The molecule has 0 radical (unpaired) electrons. The van der Waals surface area contributed by atoms with Crippen molar-refractivity contribution in [3.05, 3.63) is 55.1 Å². The van der Waals surface area contributed by atoms with Crippen molar-refractivity contribution in [2.75, 3.05) is 18.6 Å². The summed E-state index contributed by atoms with van der Waals surface area (Å²) >= 11 is 0. The number of ether oxygens (including phenoxy) is 1. The molecule has 1 aliphatic heterocycles. The Labute approximate surface area is 173 Å². The molecule has 0 N–H and O–H groups in total. The number of pyridine rings is 2. The maximum absolute atomic E-state index is 12.0. The van der Waals surface area contributed by atoms with Gasteiger partial charge in [0.25, 0.3) is 0 Å². The largest absolute Gasteiger partial charge is 0.479 e. The molecule has 3 aromatic heterocycles. The van der Waals surface area contributed by atoms with Gasteiger partial charge in [-0.2, -0.15) is 5.10 Å². The summed E-state index contributed by atoms with van der Waals surface area (Å²) in [5, 5.41) is 5.44. The van der Waals surface area contributed by atoms with Crippen molar-refractivity contribution in [1.82, 2.24) is 19.7 Å². The van der Waals surface area contributed by atoms with Crippen LogP contribution in [0.5, 0.6) is 5.88 Å². The normalized spacial score (nSPS) is 13.9. The standard InChI is InChI=1S/C23H21N5O2/c1-27-14-20-19(13-25-23(30-2)22(20)26-27)17-10-16(11-24-12-17)15-5-7-18(8-6-15)28-9-3-4-21(28)29/h5-8,10-14H,3-4,9H2,1-2H3. The Kier molecular flexibility index (Phi) is 4.43. The van der Waals surface area contributed by atoms with E-state index in [0.29, 0.717) is 12.3 Å². The lowest BCUT2D eigenvalue weighted by atomic mass is 10.0.